The predicted octanol–water partition coefficient (Wildman–Crippen LogP) is 2.61. The van der Waals surface area contributed by atoms with Crippen LogP contribution in [-0.4, -0.2) is 29.6 Å². The van der Waals surface area contributed by atoms with Gasteiger partial charge in [0, 0.05) is 31.1 Å². The van der Waals surface area contributed by atoms with Crippen molar-refractivity contribution in [1.82, 2.24) is 4.98 Å². The van der Waals surface area contributed by atoms with E-state index in [9.17, 15) is 0 Å². The zero-order valence-electron chi connectivity index (χ0n) is 11.5. The van der Waals surface area contributed by atoms with Gasteiger partial charge < -0.3 is 10.6 Å². The van der Waals surface area contributed by atoms with E-state index < -0.39 is 0 Å². The van der Waals surface area contributed by atoms with Gasteiger partial charge >= 0.3 is 0 Å². The highest BCUT2D eigenvalue weighted by Crippen LogP contribution is 2.26. The molecule has 1 aromatic rings. The Morgan fingerprint density at radius 2 is 2.28 bits per heavy atom. The van der Waals surface area contributed by atoms with Crippen LogP contribution in [0.5, 0.6) is 0 Å². The molecule has 1 aromatic heterocycles. The number of rotatable bonds is 4. The molecule has 2 rings (SSSR count). The molecule has 2 heterocycles. The Labute approximate surface area is 114 Å². The molecule has 18 heavy (non-hydrogen) atoms. The first kappa shape index (κ1) is 13.7. The fourth-order valence-corrected chi connectivity index (χ4v) is 3.47. The lowest BCUT2D eigenvalue weighted by molar-refractivity contribution is 0.685. The topological polar surface area (TPSA) is 42.1 Å². The van der Waals surface area contributed by atoms with Gasteiger partial charge in [0.2, 0.25) is 0 Å². The first-order valence-corrected chi connectivity index (χ1v) is 7.78. The second-order valence-electron chi connectivity index (χ2n) is 5.25. The molecule has 0 bridgehead atoms. The molecule has 1 aliphatic heterocycles. The molecule has 1 atom stereocenters. The molecular weight excluding hydrogens is 242 g/mol. The molecule has 0 amide bonds. The number of aromatic nitrogens is 1. The lowest BCUT2D eigenvalue weighted by atomic mass is 10.1. The van der Waals surface area contributed by atoms with Crippen molar-refractivity contribution in [3.63, 3.8) is 0 Å². The summed E-state index contributed by atoms with van der Waals surface area (Å²) in [6.45, 7) is 4.94. The Hall–Kier alpha value is -0.740. The third kappa shape index (κ3) is 2.98. The number of nitrogens with two attached hydrogens (primary N) is 1. The van der Waals surface area contributed by atoms with E-state index in [0.717, 1.165) is 11.5 Å². The number of thioether (sulfide) groups is 1. The second-order valence-corrected chi connectivity index (χ2v) is 6.40. The molecule has 0 aliphatic carbocycles. The molecule has 1 unspecified atom stereocenters. The Kier molecular flexibility index (Phi) is 4.51. The second kappa shape index (κ2) is 5.93. The summed E-state index contributed by atoms with van der Waals surface area (Å²) >= 11 is 2.03. The van der Waals surface area contributed by atoms with Crippen LogP contribution in [0.2, 0.25) is 0 Å². The molecule has 0 saturated carbocycles. The van der Waals surface area contributed by atoms with Crippen LogP contribution >= 0.6 is 11.8 Å². The number of pyridine rings is 1. The van der Waals surface area contributed by atoms with Crippen LogP contribution < -0.4 is 10.6 Å². The highest BCUT2D eigenvalue weighted by Gasteiger charge is 2.21. The van der Waals surface area contributed by atoms with Gasteiger partial charge in [-0.2, -0.15) is 11.8 Å². The quantitative estimate of drug-likeness (QED) is 0.908. The number of hydrogen-bond donors (Lipinski definition) is 1. The van der Waals surface area contributed by atoms with Gasteiger partial charge in [-0.15, -0.1) is 0 Å². The van der Waals surface area contributed by atoms with E-state index in [4.69, 9.17) is 10.7 Å². The third-order valence-electron chi connectivity index (χ3n) is 3.53. The van der Waals surface area contributed by atoms with Gasteiger partial charge in [0.1, 0.15) is 5.82 Å². The molecule has 4 heteroatoms. The zero-order valence-corrected chi connectivity index (χ0v) is 12.3. The van der Waals surface area contributed by atoms with Crippen molar-refractivity contribution in [2.45, 2.75) is 38.8 Å². The van der Waals surface area contributed by atoms with Gasteiger partial charge in [0.25, 0.3) is 0 Å². The summed E-state index contributed by atoms with van der Waals surface area (Å²) in [5, 5.41) is 0. The van der Waals surface area contributed by atoms with E-state index in [1.54, 1.807) is 0 Å². The van der Waals surface area contributed by atoms with Gasteiger partial charge in [-0.3, -0.25) is 0 Å². The van der Waals surface area contributed by atoms with Crippen molar-refractivity contribution in [3.05, 3.63) is 23.4 Å². The summed E-state index contributed by atoms with van der Waals surface area (Å²) in [7, 11) is 2.16. The standard InChI is InChI=1S/C14H23N3S/c1-10(2)13-6-11(8-15)7-14(16-13)17(3)12-4-5-18-9-12/h6-7,10,12H,4-5,8-9,15H2,1-3H3. The molecule has 0 radical (unpaired) electrons. The van der Waals surface area contributed by atoms with Crippen LogP contribution in [0.3, 0.4) is 0 Å². The molecular formula is C14H23N3S. The average molecular weight is 265 g/mol. The minimum Gasteiger partial charge on any atom is -0.356 e. The fraction of sp³-hybridized carbons (Fsp3) is 0.643. The highest BCUT2D eigenvalue weighted by atomic mass is 32.2. The van der Waals surface area contributed by atoms with Crippen LogP contribution in [0.1, 0.15) is 37.4 Å². The summed E-state index contributed by atoms with van der Waals surface area (Å²) < 4.78 is 0. The maximum absolute atomic E-state index is 5.79. The van der Waals surface area contributed by atoms with Crippen LogP contribution in [0, 0.1) is 0 Å². The molecule has 1 saturated heterocycles. The van der Waals surface area contributed by atoms with Crippen LogP contribution in [0.4, 0.5) is 5.82 Å². The Morgan fingerprint density at radius 3 is 2.83 bits per heavy atom. The molecule has 0 aromatic carbocycles. The summed E-state index contributed by atoms with van der Waals surface area (Å²) in [6.07, 6.45) is 1.26. The van der Waals surface area contributed by atoms with E-state index in [2.05, 4.69) is 37.9 Å². The van der Waals surface area contributed by atoms with Crippen LogP contribution in [0.15, 0.2) is 12.1 Å². The third-order valence-corrected chi connectivity index (χ3v) is 4.68. The van der Waals surface area contributed by atoms with Crippen molar-refractivity contribution >= 4 is 17.6 Å². The number of nitrogens with zero attached hydrogens (tertiary/aromatic N) is 2. The SMILES string of the molecule is CC(C)c1cc(CN)cc(N(C)C2CCSC2)n1. The molecule has 2 N–H and O–H groups in total. The average Bonchev–Trinajstić information content (AvgIpc) is 2.91. The summed E-state index contributed by atoms with van der Waals surface area (Å²) in [6, 6.07) is 4.89. The smallest absolute Gasteiger partial charge is 0.129 e. The summed E-state index contributed by atoms with van der Waals surface area (Å²) in [4.78, 5) is 7.11. The van der Waals surface area contributed by atoms with Crippen molar-refractivity contribution < 1.29 is 0 Å². The fourth-order valence-electron chi connectivity index (χ4n) is 2.20. The van der Waals surface area contributed by atoms with Crippen LogP contribution in [-0.2, 0) is 6.54 Å². The van der Waals surface area contributed by atoms with Gasteiger partial charge in [-0.1, -0.05) is 13.8 Å². The van der Waals surface area contributed by atoms with Gasteiger partial charge in [0.15, 0.2) is 0 Å². The lowest BCUT2D eigenvalue weighted by Gasteiger charge is -2.26. The normalized spacial score (nSPS) is 19.5. The van der Waals surface area contributed by atoms with E-state index in [-0.39, 0.29) is 0 Å². The first-order chi connectivity index (χ1) is 8.61. The van der Waals surface area contributed by atoms with E-state index in [1.165, 1.54) is 23.5 Å². The van der Waals surface area contributed by atoms with Gasteiger partial charge in [0.05, 0.1) is 0 Å². The molecule has 3 nitrogen and oxygen atoms in total. The predicted molar refractivity (Wildman–Crippen MR) is 80.4 cm³/mol. The Balaban J connectivity index is 2.27. The lowest BCUT2D eigenvalue weighted by Crippen LogP contribution is -2.32. The van der Waals surface area contributed by atoms with Crippen molar-refractivity contribution in [1.29, 1.82) is 0 Å². The number of anilines is 1. The van der Waals surface area contributed by atoms with Crippen molar-refractivity contribution in [3.8, 4) is 0 Å². The highest BCUT2D eigenvalue weighted by molar-refractivity contribution is 7.99. The molecule has 1 fully saturated rings. The van der Waals surface area contributed by atoms with Gasteiger partial charge in [-0.25, -0.2) is 4.98 Å². The summed E-state index contributed by atoms with van der Waals surface area (Å²) in [5.74, 6) is 4.00. The maximum atomic E-state index is 5.79. The molecule has 100 valence electrons. The van der Waals surface area contributed by atoms with Crippen LogP contribution in [0.25, 0.3) is 0 Å². The zero-order chi connectivity index (χ0) is 13.1. The largest absolute Gasteiger partial charge is 0.356 e. The molecule has 1 aliphatic rings. The first-order valence-electron chi connectivity index (χ1n) is 6.63. The van der Waals surface area contributed by atoms with E-state index in [1.807, 2.05) is 11.8 Å². The minimum absolute atomic E-state index is 0.446. The van der Waals surface area contributed by atoms with Crippen molar-refractivity contribution in [2.75, 3.05) is 23.5 Å². The Bertz CT molecular complexity index is 400. The number of hydrogen-bond acceptors (Lipinski definition) is 4. The summed E-state index contributed by atoms with van der Waals surface area (Å²) in [5.41, 5.74) is 8.12. The van der Waals surface area contributed by atoms with E-state index in [0.29, 0.717) is 18.5 Å². The van der Waals surface area contributed by atoms with Crippen molar-refractivity contribution in [2.24, 2.45) is 5.73 Å². The Morgan fingerprint density at radius 1 is 1.50 bits per heavy atom. The molecule has 0 spiro atoms. The minimum atomic E-state index is 0.446. The maximum Gasteiger partial charge on any atom is 0.129 e. The van der Waals surface area contributed by atoms with Gasteiger partial charge in [-0.05, 0) is 35.8 Å². The van der Waals surface area contributed by atoms with E-state index >= 15 is 0 Å². The monoisotopic (exact) mass is 265 g/mol.